The number of fused-ring (bicyclic) bond motifs is 1. The fraction of sp³-hybridized carbons (Fsp3) is 0.261. The van der Waals surface area contributed by atoms with Gasteiger partial charge in [-0.05, 0) is 36.8 Å². The van der Waals surface area contributed by atoms with Crippen molar-refractivity contribution >= 4 is 23.1 Å². The molecule has 2 aromatic heterocycles. The summed E-state index contributed by atoms with van der Waals surface area (Å²) in [5.74, 6) is 0.212. The van der Waals surface area contributed by atoms with Crippen molar-refractivity contribution in [2.24, 2.45) is 0 Å². The largest absolute Gasteiger partial charge is 0.488 e. The number of nitrogens with zero attached hydrogens (tertiary/aromatic N) is 3. The molecule has 1 aliphatic rings. The lowest BCUT2D eigenvalue weighted by molar-refractivity contribution is -0.154. The van der Waals surface area contributed by atoms with Gasteiger partial charge in [-0.3, -0.25) is 4.79 Å². The Labute approximate surface area is 193 Å². The van der Waals surface area contributed by atoms with Gasteiger partial charge >= 0.3 is 6.18 Å². The number of aryl methyl sites for hydroxylation is 1. The molecule has 1 atom stereocenters. The molecule has 0 saturated carbocycles. The van der Waals surface area contributed by atoms with Gasteiger partial charge in [0.1, 0.15) is 12.4 Å². The molecular formula is C23H21F3N4O4. The molecule has 3 heterocycles. The number of hydrogen-bond acceptors (Lipinski definition) is 7. The lowest BCUT2D eigenvalue weighted by Crippen LogP contribution is -2.43. The number of alkyl halides is 3. The van der Waals surface area contributed by atoms with E-state index in [1.165, 1.54) is 18.3 Å². The molecule has 0 fully saturated rings. The van der Waals surface area contributed by atoms with Gasteiger partial charge in [0.25, 0.3) is 5.91 Å². The van der Waals surface area contributed by atoms with Crippen LogP contribution >= 0.6 is 0 Å². The van der Waals surface area contributed by atoms with E-state index in [0.717, 1.165) is 5.56 Å². The topological polar surface area (TPSA) is 96.8 Å². The number of aliphatic hydroxyl groups excluding tert-OH is 1. The first kappa shape index (κ1) is 23.3. The third-order valence-electron chi connectivity index (χ3n) is 5.01. The minimum Gasteiger partial charge on any atom is -0.488 e. The molecule has 1 aliphatic heterocycles. The predicted molar refractivity (Wildman–Crippen MR) is 118 cm³/mol. The van der Waals surface area contributed by atoms with E-state index in [0.29, 0.717) is 17.3 Å². The van der Waals surface area contributed by atoms with Gasteiger partial charge in [0, 0.05) is 12.3 Å². The maximum atomic E-state index is 13.0. The molecule has 0 bridgehead atoms. The molecule has 1 amide bonds. The number of anilines is 3. The maximum absolute atomic E-state index is 13.0. The highest BCUT2D eigenvalue weighted by molar-refractivity contribution is 6.07. The number of aliphatic hydroxyl groups is 1. The number of rotatable bonds is 6. The van der Waals surface area contributed by atoms with Crippen LogP contribution in [0.15, 0.2) is 54.9 Å². The van der Waals surface area contributed by atoms with Gasteiger partial charge in [-0.25, -0.2) is 9.97 Å². The number of hydrogen-bond donors (Lipinski definition) is 2. The number of para-hydroxylation sites is 1. The van der Waals surface area contributed by atoms with Gasteiger partial charge in [-0.1, -0.05) is 12.1 Å². The Hall–Kier alpha value is -3.86. The number of aromatic nitrogens is 2. The van der Waals surface area contributed by atoms with Crippen molar-refractivity contribution in [1.29, 1.82) is 0 Å². The number of pyridine rings is 2. The van der Waals surface area contributed by atoms with Crippen molar-refractivity contribution in [3.8, 4) is 11.6 Å². The molecule has 0 spiro atoms. The Balaban J connectivity index is 1.56. The summed E-state index contributed by atoms with van der Waals surface area (Å²) in [6.07, 6.45) is -1.56. The summed E-state index contributed by atoms with van der Waals surface area (Å²) in [6, 6.07) is 11.0. The van der Waals surface area contributed by atoms with E-state index in [1.807, 2.05) is 24.0 Å². The molecule has 0 radical (unpaired) electrons. The molecule has 0 saturated heterocycles. The standard InChI is InChI=1S/C23H21F3N4O4/c1-14-5-7-19(27-9-14)30-16(11-31)12-33-21-17(3-2-4-18(21)30)22(32)29-15-6-8-20(28-10-15)34-13-23(24,25)26/h2-10,16,31H,11-13H2,1H3,(H,29,32)/t16-/m0/s1. The molecule has 0 aliphatic carbocycles. The quantitative estimate of drug-likeness (QED) is 0.560. The Kier molecular flexibility index (Phi) is 6.55. The van der Waals surface area contributed by atoms with Crippen molar-refractivity contribution in [2.45, 2.75) is 19.1 Å². The Bertz CT molecular complexity index is 1150. The van der Waals surface area contributed by atoms with Crippen molar-refractivity contribution < 1.29 is 32.5 Å². The Morgan fingerprint density at radius 1 is 1.21 bits per heavy atom. The highest BCUT2D eigenvalue weighted by Crippen LogP contribution is 2.40. The molecule has 0 unspecified atom stereocenters. The van der Waals surface area contributed by atoms with Crippen molar-refractivity contribution in [2.75, 3.05) is 30.0 Å². The normalized spacial score (nSPS) is 15.3. The maximum Gasteiger partial charge on any atom is 0.422 e. The Morgan fingerprint density at radius 3 is 2.68 bits per heavy atom. The van der Waals surface area contributed by atoms with E-state index in [-0.39, 0.29) is 30.3 Å². The number of carbonyl (C=O) groups is 1. The lowest BCUT2D eigenvalue weighted by atomic mass is 10.1. The van der Waals surface area contributed by atoms with Crippen LogP contribution in [0.3, 0.4) is 0 Å². The van der Waals surface area contributed by atoms with Gasteiger partial charge in [-0.15, -0.1) is 0 Å². The van der Waals surface area contributed by atoms with Gasteiger partial charge in [0.05, 0.1) is 35.8 Å². The Morgan fingerprint density at radius 2 is 2.03 bits per heavy atom. The highest BCUT2D eigenvalue weighted by Gasteiger charge is 2.32. The van der Waals surface area contributed by atoms with Crippen LogP contribution in [0.5, 0.6) is 11.6 Å². The van der Waals surface area contributed by atoms with Gasteiger partial charge < -0.3 is 24.8 Å². The van der Waals surface area contributed by atoms with Gasteiger partial charge in [0.15, 0.2) is 12.4 Å². The second kappa shape index (κ2) is 9.56. The highest BCUT2D eigenvalue weighted by atomic mass is 19.4. The first-order valence-corrected chi connectivity index (χ1v) is 10.3. The summed E-state index contributed by atoms with van der Waals surface area (Å²) in [4.78, 5) is 23.0. The monoisotopic (exact) mass is 474 g/mol. The third kappa shape index (κ3) is 5.20. The van der Waals surface area contributed by atoms with Crippen LogP contribution in [-0.2, 0) is 0 Å². The summed E-state index contributed by atoms with van der Waals surface area (Å²) in [6.45, 7) is 0.413. The zero-order valence-corrected chi connectivity index (χ0v) is 18.0. The molecule has 34 heavy (non-hydrogen) atoms. The van der Waals surface area contributed by atoms with Crippen LogP contribution in [0.25, 0.3) is 0 Å². The second-order valence-electron chi connectivity index (χ2n) is 7.61. The molecule has 11 heteroatoms. The fourth-order valence-electron chi connectivity index (χ4n) is 3.44. The summed E-state index contributed by atoms with van der Waals surface area (Å²) in [5, 5.41) is 12.5. The van der Waals surface area contributed by atoms with Crippen LogP contribution in [0, 0.1) is 6.92 Å². The minimum atomic E-state index is -4.47. The van der Waals surface area contributed by atoms with Gasteiger partial charge in [-0.2, -0.15) is 13.2 Å². The van der Waals surface area contributed by atoms with Gasteiger partial charge in [0.2, 0.25) is 5.88 Å². The summed E-state index contributed by atoms with van der Waals surface area (Å²) in [5.41, 5.74) is 2.06. The lowest BCUT2D eigenvalue weighted by Gasteiger charge is -2.37. The smallest absolute Gasteiger partial charge is 0.422 e. The van der Waals surface area contributed by atoms with Crippen molar-refractivity contribution in [1.82, 2.24) is 9.97 Å². The predicted octanol–water partition coefficient (Wildman–Crippen LogP) is 3.87. The fourth-order valence-corrected chi connectivity index (χ4v) is 3.44. The first-order chi connectivity index (χ1) is 16.2. The van der Waals surface area contributed by atoms with Crippen LogP contribution in [0.1, 0.15) is 15.9 Å². The minimum absolute atomic E-state index is 0.135. The molecular weight excluding hydrogens is 453 g/mol. The molecule has 1 aromatic carbocycles. The van der Waals surface area contributed by atoms with E-state index in [2.05, 4.69) is 20.0 Å². The molecule has 4 rings (SSSR count). The SMILES string of the molecule is Cc1ccc(N2c3cccc(C(=O)Nc4ccc(OCC(F)(F)F)nc4)c3OC[C@@H]2CO)nc1. The first-order valence-electron chi connectivity index (χ1n) is 10.3. The zero-order chi connectivity index (χ0) is 24.3. The summed E-state index contributed by atoms with van der Waals surface area (Å²) >= 11 is 0. The number of amides is 1. The molecule has 3 aromatic rings. The zero-order valence-electron chi connectivity index (χ0n) is 18.0. The van der Waals surface area contributed by atoms with Crippen LogP contribution in [0.2, 0.25) is 0 Å². The number of halogens is 3. The average molecular weight is 474 g/mol. The summed E-state index contributed by atoms with van der Waals surface area (Å²) in [7, 11) is 0. The number of carbonyl (C=O) groups excluding carboxylic acids is 1. The van der Waals surface area contributed by atoms with E-state index in [4.69, 9.17) is 4.74 Å². The molecule has 8 nitrogen and oxygen atoms in total. The summed E-state index contributed by atoms with van der Waals surface area (Å²) < 4.78 is 47.2. The van der Waals surface area contributed by atoms with E-state index in [9.17, 15) is 23.1 Å². The van der Waals surface area contributed by atoms with Crippen LogP contribution < -0.4 is 19.7 Å². The van der Waals surface area contributed by atoms with E-state index < -0.39 is 24.7 Å². The van der Waals surface area contributed by atoms with Crippen molar-refractivity contribution in [3.63, 3.8) is 0 Å². The average Bonchev–Trinajstić information content (AvgIpc) is 2.82. The van der Waals surface area contributed by atoms with Crippen molar-refractivity contribution in [3.05, 3.63) is 66.0 Å². The van der Waals surface area contributed by atoms with Crippen LogP contribution in [-0.4, -0.2) is 53.0 Å². The number of nitrogens with one attached hydrogen (secondary N) is 1. The number of ether oxygens (including phenoxy) is 2. The van der Waals surface area contributed by atoms with Crippen LogP contribution in [0.4, 0.5) is 30.4 Å². The van der Waals surface area contributed by atoms with E-state index >= 15 is 0 Å². The second-order valence-corrected chi connectivity index (χ2v) is 7.61. The molecule has 178 valence electrons. The number of benzene rings is 1. The third-order valence-corrected chi connectivity index (χ3v) is 5.01. The van der Waals surface area contributed by atoms with E-state index in [1.54, 1.807) is 24.4 Å². The molecule has 2 N–H and O–H groups in total.